The van der Waals surface area contributed by atoms with Gasteiger partial charge in [-0.3, -0.25) is 24.3 Å². The van der Waals surface area contributed by atoms with Crippen LogP contribution in [0.1, 0.15) is 60.3 Å². The van der Waals surface area contributed by atoms with E-state index in [4.69, 9.17) is 0 Å². The number of nitrogens with one attached hydrogen (secondary N) is 1. The molecule has 9 nitrogen and oxygen atoms in total. The van der Waals surface area contributed by atoms with Gasteiger partial charge in [-0.25, -0.2) is 0 Å². The number of carbonyl (C=O) groups is 1. The number of nitro groups is 1. The third-order valence-electron chi connectivity index (χ3n) is 7.37. The van der Waals surface area contributed by atoms with Gasteiger partial charge in [0.25, 0.3) is 5.91 Å². The van der Waals surface area contributed by atoms with E-state index >= 15 is 0 Å². The third-order valence-corrected chi connectivity index (χ3v) is 7.37. The van der Waals surface area contributed by atoms with Gasteiger partial charge in [-0.05, 0) is 63.2 Å². The molecule has 2 aromatic rings. The van der Waals surface area contributed by atoms with E-state index < -0.39 is 10.8 Å². The Kier molecular flexibility index (Phi) is 4.04. The number of aryl methyl sites for hydroxylation is 1. The zero-order valence-electron chi connectivity index (χ0n) is 16.8. The van der Waals surface area contributed by atoms with E-state index in [1.165, 1.54) is 25.5 Å². The predicted octanol–water partition coefficient (Wildman–Crippen LogP) is 2.69. The third kappa shape index (κ3) is 2.94. The van der Waals surface area contributed by atoms with E-state index in [1.54, 1.807) is 15.6 Å². The zero-order chi connectivity index (χ0) is 20.3. The van der Waals surface area contributed by atoms with Crippen LogP contribution in [0.3, 0.4) is 0 Å². The Bertz CT molecular complexity index is 955. The molecular weight excluding hydrogens is 372 g/mol. The molecule has 0 unspecified atom stereocenters. The van der Waals surface area contributed by atoms with Crippen molar-refractivity contribution in [1.82, 2.24) is 24.9 Å². The molecule has 29 heavy (non-hydrogen) atoms. The smallest absolute Gasteiger partial charge is 0.320 e. The van der Waals surface area contributed by atoms with Gasteiger partial charge in [0.2, 0.25) is 5.69 Å². The van der Waals surface area contributed by atoms with Crippen molar-refractivity contribution in [3.8, 4) is 0 Å². The second kappa shape index (κ2) is 6.40. The van der Waals surface area contributed by atoms with Crippen LogP contribution in [0.15, 0.2) is 12.4 Å². The fourth-order valence-corrected chi connectivity index (χ4v) is 6.23. The van der Waals surface area contributed by atoms with Gasteiger partial charge in [0, 0.05) is 24.8 Å². The molecule has 2 aromatic heterocycles. The van der Waals surface area contributed by atoms with Crippen LogP contribution in [0.2, 0.25) is 0 Å². The van der Waals surface area contributed by atoms with Crippen molar-refractivity contribution in [2.24, 2.45) is 24.8 Å². The van der Waals surface area contributed by atoms with E-state index in [9.17, 15) is 14.9 Å². The molecular formula is C20H26N6O3. The van der Waals surface area contributed by atoms with E-state index in [0.717, 1.165) is 30.5 Å². The molecule has 0 atom stereocenters. The number of hydrogen-bond acceptors (Lipinski definition) is 5. The average molecular weight is 398 g/mol. The summed E-state index contributed by atoms with van der Waals surface area (Å²) in [6.45, 7) is 2.18. The van der Waals surface area contributed by atoms with Crippen molar-refractivity contribution in [3.63, 3.8) is 0 Å². The van der Waals surface area contributed by atoms with Crippen LogP contribution >= 0.6 is 0 Å². The Labute approximate surface area is 168 Å². The van der Waals surface area contributed by atoms with Crippen LogP contribution in [0.5, 0.6) is 0 Å². The highest BCUT2D eigenvalue weighted by molar-refractivity contribution is 5.96. The highest BCUT2D eigenvalue weighted by Gasteiger charge is 2.53. The predicted molar refractivity (Wildman–Crippen MR) is 104 cm³/mol. The summed E-state index contributed by atoms with van der Waals surface area (Å²) in [6.07, 6.45) is 10.1. The zero-order valence-corrected chi connectivity index (χ0v) is 16.8. The topological polar surface area (TPSA) is 108 Å². The van der Waals surface area contributed by atoms with Gasteiger partial charge in [-0.15, -0.1) is 0 Å². The summed E-state index contributed by atoms with van der Waals surface area (Å²) in [5.74, 6) is 1.56. The first-order valence-electron chi connectivity index (χ1n) is 10.3. The first-order chi connectivity index (χ1) is 13.8. The minimum Gasteiger partial charge on any atom is -0.346 e. The van der Waals surface area contributed by atoms with Crippen molar-refractivity contribution in [3.05, 3.63) is 39.5 Å². The molecule has 0 aromatic carbocycles. The van der Waals surface area contributed by atoms with Gasteiger partial charge in [0.15, 0.2) is 0 Å². The molecule has 4 aliphatic rings. The fraction of sp³-hybridized carbons (Fsp3) is 0.650. The molecule has 1 N–H and O–H groups in total. The van der Waals surface area contributed by atoms with E-state index in [2.05, 4.69) is 15.5 Å². The van der Waals surface area contributed by atoms with Crippen LogP contribution in [0.4, 0.5) is 5.69 Å². The number of hydrogen-bond donors (Lipinski definition) is 1. The molecule has 4 fully saturated rings. The molecule has 0 aliphatic heterocycles. The number of rotatable bonds is 5. The maximum atomic E-state index is 12.8. The second-order valence-corrected chi connectivity index (χ2v) is 9.27. The summed E-state index contributed by atoms with van der Waals surface area (Å²) >= 11 is 0. The molecule has 0 radical (unpaired) electrons. The summed E-state index contributed by atoms with van der Waals surface area (Å²) in [4.78, 5) is 23.9. The van der Waals surface area contributed by atoms with Crippen LogP contribution < -0.4 is 5.32 Å². The summed E-state index contributed by atoms with van der Waals surface area (Å²) in [5, 5.41) is 23.1. The summed E-state index contributed by atoms with van der Waals surface area (Å²) in [7, 11) is 1.83. The summed E-state index contributed by atoms with van der Waals surface area (Å²) in [5.41, 5.74) is 1.37. The number of nitrogens with zero attached hydrogens (tertiary/aromatic N) is 5. The maximum absolute atomic E-state index is 12.8. The summed E-state index contributed by atoms with van der Waals surface area (Å²) in [6, 6.07) is 0. The highest BCUT2D eigenvalue weighted by atomic mass is 16.6. The van der Waals surface area contributed by atoms with Crippen LogP contribution in [-0.4, -0.2) is 30.4 Å². The lowest BCUT2D eigenvalue weighted by atomic mass is 9.53. The molecule has 6 rings (SSSR count). The van der Waals surface area contributed by atoms with Crippen molar-refractivity contribution in [2.45, 2.75) is 57.5 Å². The molecule has 9 heteroatoms. The monoisotopic (exact) mass is 398 g/mol. The van der Waals surface area contributed by atoms with Crippen LogP contribution in [0, 0.1) is 34.8 Å². The normalized spacial score (nSPS) is 29.9. The van der Waals surface area contributed by atoms with E-state index in [-0.39, 0.29) is 23.5 Å². The van der Waals surface area contributed by atoms with Crippen LogP contribution in [0.25, 0.3) is 0 Å². The Morgan fingerprint density at radius 2 is 1.90 bits per heavy atom. The first kappa shape index (κ1) is 18.3. The Balaban J connectivity index is 1.42. The molecule has 1 amide bonds. The van der Waals surface area contributed by atoms with Gasteiger partial charge in [0.1, 0.15) is 6.20 Å². The number of carbonyl (C=O) groups excluding carboxylic acids is 1. The minimum atomic E-state index is -0.511. The number of amides is 1. The molecule has 154 valence electrons. The lowest BCUT2D eigenvalue weighted by molar-refractivity contribution is -0.385. The van der Waals surface area contributed by atoms with Crippen LogP contribution in [-0.2, 0) is 19.1 Å². The van der Waals surface area contributed by atoms with Crippen molar-refractivity contribution >= 4 is 11.6 Å². The van der Waals surface area contributed by atoms with Gasteiger partial charge < -0.3 is 5.32 Å². The molecule has 0 saturated heterocycles. The van der Waals surface area contributed by atoms with Gasteiger partial charge in [0.05, 0.1) is 16.7 Å². The minimum absolute atomic E-state index is 0.0905. The van der Waals surface area contributed by atoms with Gasteiger partial charge >= 0.3 is 5.69 Å². The number of aromatic nitrogens is 4. The fourth-order valence-electron chi connectivity index (χ4n) is 6.23. The van der Waals surface area contributed by atoms with Crippen molar-refractivity contribution in [2.75, 3.05) is 0 Å². The Morgan fingerprint density at radius 3 is 2.41 bits per heavy atom. The highest BCUT2D eigenvalue weighted by Crippen LogP contribution is 2.58. The standard InChI is InChI=1S/C20H26N6O3/c1-12-16(10-22-24(12)2)9-21-19(27)18-17(26(28)29)11-25(23-18)20-6-13-3-14(7-20)5-15(4-13)8-20/h10-11,13-15H,3-9H2,1-2H3,(H,21,27). The molecule has 2 heterocycles. The maximum Gasteiger partial charge on any atom is 0.320 e. The second-order valence-electron chi connectivity index (χ2n) is 9.27. The van der Waals surface area contributed by atoms with E-state index in [0.29, 0.717) is 17.8 Å². The quantitative estimate of drug-likeness (QED) is 0.615. The molecule has 4 saturated carbocycles. The largest absolute Gasteiger partial charge is 0.346 e. The SMILES string of the molecule is Cc1c(CNC(=O)c2nn(C34CC5CC(CC(C5)C3)C4)cc2[N+](=O)[O-])cnn1C. The first-order valence-corrected chi connectivity index (χ1v) is 10.3. The van der Waals surface area contributed by atoms with E-state index in [1.807, 2.05) is 14.0 Å². The average Bonchev–Trinajstić information content (AvgIpc) is 3.24. The lowest BCUT2D eigenvalue weighted by Gasteiger charge is -2.56. The van der Waals surface area contributed by atoms with Crippen molar-refractivity contribution < 1.29 is 9.72 Å². The summed E-state index contributed by atoms with van der Waals surface area (Å²) < 4.78 is 3.51. The Hall–Kier alpha value is -2.71. The van der Waals surface area contributed by atoms with Gasteiger partial charge in [-0.2, -0.15) is 10.2 Å². The van der Waals surface area contributed by atoms with Crippen molar-refractivity contribution in [1.29, 1.82) is 0 Å². The lowest BCUT2D eigenvalue weighted by Crippen LogP contribution is -2.52. The molecule has 4 bridgehead atoms. The Morgan fingerprint density at radius 1 is 1.28 bits per heavy atom. The molecule has 0 spiro atoms. The van der Waals surface area contributed by atoms with Gasteiger partial charge in [-0.1, -0.05) is 0 Å². The molecule has 4 aliphatic carbocycles.